The molecule has 1 aromatic carbocycles. The van der Waals surface area contributed by atoms with Gasteiger partial charge >= 0.3 is 0 Å². The number of anilines is 1. The predicted molar refractivity (Wildman–Crippen MR) is 100 cm³/mol. The molecule has 1 saturated heterocycles. The average molecular weight is 338 g/mol. The molecule has 1 aliphatic rings. The van der Waals surface area contributed by atoms with Crippen molar-refractivity contribution in [2.24, 2.45) is 0 Å². The first-order valence-electron chi connectivity index (χ1n) is 8.82. The van der Waals surface area contributed by atoms with Gasteiger partial charge < -0.3 is 5.32 Å². The zero-order valence-corrected chi connectivity index (χ0v) is 15.0. The van der Waals surface area contributed by atoms with E-state index in [-0.39, 0.29) is 5.91 Å². The number of carbonyl (C=O) groups is 1. The molecule has 132 valence electrons. The van der Waals surface area contributed by atoms with Crippen molar-refractivity contribution in [1.29, 1.82) is 0 Å². The third-order valence-electron chi connectivity index (χ3n) is 4.64. The highest BCUT2D eigenvalue weighted by atomic mass is 16.2. The quantitative estimate of drug-likeness (QED) is 0.910. The van der Waals surface area contributed by atoms with Crippen LogP contribution in [0.2, 0.25) is 0 Å². The Morgan fingerprint density at radius 1 is 1.08 bits per heavy atom. The lowest BCUT2D eigenvalue weighted by Gasteiger charge is -2.34. The Labute approximate surface area is 149 Å². The molecule has 3 rings (SSSR count). The predicted octanol–water partition coefficient (Wildman–Crippen LogP) is 2.45. The number of aryl methyl sites for hydroxylation is 2. The molecule has 1 fully saturated rings. The van der Waals surface area contributed by atoms with E-state index in [0.717, 1.165) is 49.7 Å². The molecule has 0 saturated carbocycles. The Kier molecular flexibility index (Phi) is 5.79. The van der Waals surface area contributed by atoms with E-state index in [4.69, 9.17) is 0 Å². The molecule has 0 bridgehead atoms. The number of pyridine rings is 1. The van der Waals surface area contributed by atoms with Crippen molar-refractivity contribution in [2.75, 3.05) is 38.0 Å². The van der Waals surface area contributed by atoms with Crippen LogP contribution in [-0.4, -0.2) is 53.4 Å². The van der Waals surface area contributed by atoms with Crippen LogP contribution in [0, 0.1) is 13.8 Å². The molecule has 0 atom stereocenters. The number of nitrogens with zero attached hydrogens (tertiary/aromatic N) is 3. The van der Waals surface area contributed by atoms with E-state index in [1.54, 1.807) is 0 Å². The van der Waals surface area contributed by atoms with Gasteiger partial charge in [-0.15, -0.1) is 0 Å². The van der Waals surface area contributed by atoms with E-state index in [1.165, 1.54) is 5.56 Å². The van der Waals surface area contributed by atoms with Gasteiger partial charge in [0.2, 0.25) is 5.91 Å². The molecule has 0 radical (unpaired) electrons. The molecule has 25 heavy (non-hydrogen) atoms. The van der Waals surface area contributed by atoms with Crippen LogP contribution in [-0.2, 0) is 11.3 Å². The van der Waals surface area contributed by atoms with E-state index in [9.17, 15) is 4.79 Å². The first-order valence-corrected chi connectivity index (χ1v) is 8.82. The number of benzene rings is 1. The molecule has 1 amide bonds. The number of rotatable bonds is 5. The molecule has 1 aromatic heterocycles. The number of aromatic nitrogens is 1. The second-order valence-electron chi connectivity index (χ2n) is 6.72. The molecule has 2 heterocycles. The van der Waals surface area contributed by atoms with Gasteiger partial charge in [-0.1, -0.05) is 18.2 Å². The molecule has 1 N–H and O–H groups in total. The number of amides is 1. The summed E-state index contributed by atoms with van der Waals surface area (Å²) in [6.07, 6.45) is 1.84. The number of hydrogen-bond donors (Lipinski definition) is 1. The first-order chi connectivity index (χ1) is 12.1. The fourth-order valence-corrected chi connectivity index (χ4v) is 3.16. The minimum Gasteiger partial charge on any atom is -0.325 e. The maximum atomic E-state index is 12.2. The summed E-state index contributed by atoms with van der Waals surface area (Å²) >= 11 is 0. The van der Waals surface area contributed by atoms with Crippen molar-refractivity contribution < 1.29 is 4.79 Å². The Balaban J connectivity index is 1.44. The van der Waals surface area contributed by atoms with E-state index in [1.807, 2.05) is 43.5 Å². The topological polar surface area (TPSA) is 48.5 Å². The molecule has 0 unspecified atom stereocenters. The second-order valence-corrected chi connectivity index (χ2v) is 6.72. The summed E-state index contributed by atoms with van der Waals surface area (Å²) in [6, 6.07) is 12.0. The van der Waals surface area contributed by atoms with Crippen molar-refractivity contribution in [3.63, 3.8) is 0 Å². The largest absolute Gasteiger partial charge is 0.325 e. The second kappa shape index (κ2) is 8.23. The Morgan fingerprint density at radius 3 is 2.56 bits per heavy atom. The van der Waals surface area contributed by atoms with E-state index in [0.29, 0.717) is 6.54 Å². The maximum Gasteiger partial charge on any atom is 0.238 e. The Hall–Kier alpha value is -2.24. The lowest BCUT2D eigenvalue weighted by molar-refractivity contribution is -0.117. The SMILES string of the molecule is Cc1cccc(NC(=O)CN2CCN(Cc3cccnc3C)CC2)c1. The van der Waals surface area contributed by atoms with Gasteiger partial charge in [-0.2, -0.15) is 0 Å². The lowest BCUT2D eigenvalue weighted by Crippen LogP contribution is -2.48. The Morgan fingerprint density at radius 2 is 1.84 bits per heavy atom. The summed E-state index contributed by atoms with van der Waals surface area (Å²) in [7, 11) is 0. The number of piperazine rings is 1. The number of nitrogens with one attached hydrogen (secondary N) is 1. The minimum atomic E-state index is 0.0575. The average Bonchev–Trinajstić information content (AvgIpc) is 2.58. The number of hydrogen-bond acceptors (Lipinski definition) is 4. The standard InChI is InChI=1S/C20H26N4O/c1-16-5-3-7-19(13-16)22-20(25)15-24-11-9-23(10-12-24)14-18-6-4-8-21-17(18)2/h3-8,13H,9-12,14-15H2,1-2H3,(H,22,25). The van der Waals surface area contributed by atoms with Gasteiger partial charge in [0.15, 0.2) is 0 Å². The monoisotopic (exact) mass is 338 g/mol. The highest BCUT2D eigenvalue weighted by Crippen LogP contribution is 2.12. The Bertz CT molecular complexity index is 723. The molecule has 2 aromatic rings. The zero-order chi connectivity index (χ0) is 17.6. The zero-order valence-electron chi connectivity index (χ0n) is 15.0. The van der Waals surface area contributed by atoms with E-state index in [2.05, 4.69) is 33.1 Å². The molecule has 5 nitrogen and oxygen atoms in total. The molecule has 1 aliphatic heterocycles. The van der Waals surface area contributed by atoms with Gasteiger partial charge in [0, 0.05) is 50.3 Å². The van der Waals surface area contributed by atoms with Crippen LogP contribution in [0.1, 0.15) is 16.8 Å². The van der Waals surface area contributed by atoms with Crippen molar-refractivity contribution in [3.05, 3.63) is 59.4 Å². The van der Waals surface area contributed by atoms with Gasteiger partial charge in [-0.25, -0.2) is 0 Å². The highest BCUT2D eigenvalue weighted by molar-refractivity contribution is 5.92. The fraction of sp³-hybridized carbons (Fsp3) is 0.400. The molecular formula is C20H26N4O. The highest BCUT2D eigenvalue weighted by Gasteiger charge is 2.19. The normalized spacial score (nSPS) is 15.9. The van der Waals surface area contributed by atoms with Crippen molar-refractivity contribution in [2.45, 2.75) is 20.4 Å². The fourth-order valence-electron chi connectivity index (χ4n) is 3.16. The van der Waals surface area contributed by atoms with Crippen LogP contribution < -0.4 is 5.32 Å². The van der Waals surface area contributed by atoms with Crippen LogP contribution >= 0.6 is 0 Å². The van der Waals surface area contributed by atoms with Crippen LogP contribution in [0.5, 0.6) is 0 Å². The molecule has 0 spiro atoms. The van der Waals surface area contributed by atoms with Crippen molar-refractivity contribution in [1.82, 2.24) is 14.8 Å². The summed E-state index contributed by atoms with van der Waals surface area (Å²) in [6.45, 7) is 9.26. The van der Waals surface area contributed by atoms with Crippen molar-refractivity contribution >= 4 is 11.6 Å². The third kappa shape index (κ3) is 5.11. The van der Waals surface area contributed by atoms with Crippen molar-refractivity contribution in [3.8, 4) is 0 Å². The summed E-state index contributed by atoms with van der Waals surface area (Å²) in [5.74, 6) is 0.0575. The number of carbonyl (C=O) groups excluding carboxylic acids is 1. The maximum absolute atomic E-state index is 12.2. The van der Waals surface area contributed by atoms with E-state index >= 15 is 0 Å². The first kappa shape index (κ1) is 17.6. The van der Waals surface area contributed by atoms with Crippen LogP contribution in [0.4, 0.5) is 5.69 Å². The minimum absolute atomic E-state index is 0.0575. The van der Waals surface area contributed by atoms with Gasteiger partial charge in [0.05, 0.1) is 6.54 Å². The van der Waals surface area contributed by atoms with Gasteiger partial charge in [0.25, 0.3) is 0 Å². The van der Waals surface area contributed by atoms with E-state index < -0.39 is 0 Å². The van der Waals surface area contributed by atoms with Crippen LogP contribution in [0.25, 0.3) is 0 Å². The van der Waals surface area contributed by atoms with Crippen LogP contribution in [0.15, 0.2) is 42.6 Å². The summed E-state index contributed by atoms with van der Waals surface area (Å²) in [4.78, 5) is 21.2. The lowest BCUT2D eigenvalue weighted by atomic mass is 10.2. The summed E-state index contributed by atoms with van der Waals surface area (Å²) < 4.78 is 0. The smallest absolute Gasteiger partial charge is 0.238 e. The summed E-state index contributed by atoms with van der Waals surface area (Å²) in [5.41, 5.74) is 4.41. The summed E-state index contributed by atoms with van der Waals surface area (Å²) in [5, 5.41) is 2.99. The van der Waals surface area contributed by atoms with Gasteiger partial charge in [-0.05, 0) is 43.2 Å². The molecule has 0 aliphatic carbocycles. The van der Waals surface area contributed by atoms with Crippen LogP contribution in [0.3, 0.4) is 0 Å². The molecular weight excluding hydrogens is 312 g/mol. The van der Waals surface area contributed by atoms with Gasteiger partial charge in [-0.3, -0.25) is 19.6 Å². The molecule has 5 heteroatoms. The van der Waals surface area contributed by atoms with Gasteiger partial charge in [0.1, 0.15) is 0 Å². The third-order valence-corrected chi connectivity index (χ3v) is 4.64.